The molecule has 0 spiro atoms. The van der Waals surface area contributed by atoms with E-state index in [0.29, 0.717) is 11.6 Å². The maximum Gasteiger partial charge on any atom is 0.229 e. The summed E-state index contributed by atoms with van der Waals surface area (Å²) in [4.78, 5) is 3.87. The van der Waals surface area contributed by atoms with Gasteiger partial charge < -0.3 is 4.90 Å². The van der Waals surface area contributed by atoms with Gasteiger partial charge in [-0.15, -0.1) is 0 Å². The van der Waals surface area contributed by atoms with Crippen LogP contribution in [0.4, 0.5) is 5.69 Å². The molecule has 2 aliphatic rings. The molecule has 3 rings (SSSR count). The van der Waals surface area contributed by atoms with Crippen LogP contribution in [-0.2, 0) is 10.0 Å². The molecule has 1 unspecified atom stereocenters. The number of rotatable bonds is 8. The van der Waals surface area contributed by atoms with Gasteiger partial charge >= 0.3 is 0 Å². The first kappa shape index (κ1) is 23.0. The molecule has 4 nitrogen and oxygen atoms in total. The van der Waals surface area contributed by atoms with Gasteiger partial charge in [0.1, 0.15) is 0 Å². The molecule has 0 aromatic heterocycles. The van der Waals surface area contributed by atoms with Gasteiger partial charge in [0.15, 0.2) is 0 Å². The summed E-state index contributed by atoms with van der Waals surface area (Å²) >= 11 is 1.91. The molecule has 1 N–H and O–H groups in total. The van der Waals surface area contributed by atoms with E-state index in [1.54, 1.807) is 6.07 Å². The highest BCUT2D eigenvalue weighted by Crippen LogP contribution is 2.42. The maximum absolute atomic E-state index is 11.6. The van der Waals surface area contributed by atoms with Gasteiger partial charge in [0.05, 0.1) is 11.3 Å². The van der Waals surface area contributed by atoms with Crippen LogP contribution in [0.3, 0.4) is 0 Å². The van der Waals surface area contributed by atoms with Gasteiger partial charge in [-0.2, -0.15) is 0 Å². The molecule has 6 heteroatoms. The number of hydrogen-bond donors (Lipinski definition) is 1. The maximum atomic E-state index is 11.6. The van der Waals surface area contributed by atoms with Crippen molar-refractivity contribution < 1.29 is 8.42 Å². The van der Waals surface area contributed by atoms with Crippen LogP contribution in [0.2, 0.25) is 0 Å². The summed E-state index contributed by atoms with van der Waals surface area (Å²) in [5.74, 6) is 1.47. The third-order valence-electron chi connectivity index (χ3n) is 5.37. The van der Waals surface area contributed by atoms with Crippen molar-refractivity contribution in [3.63, 3.8) is 0 Å². The average Bonchev–Trinajstić information content (AvgIpc) is 2.86. The summed E-state index contributed by atoms with van der Waals surface area (Å²) in [5, 5.41) is 1.30. The van der Waals surface area contributed by atoms with Gasteiger partial charge in [-0.25, -0.2) is 8.42 Å². The third kappa shape index (κ3) is 6.67. The highest BCUT2D eigenvalue weighted by molar-refractivity contribution is 8.06. The lowest BCUT2D eigenvalue weighted by molar-refractivity contribution is 0.451. The Bertz CT molecular complexity index is 946. The lowest BCUT2D eigenvalue weighted by Gasteiger charge is -2.31. The van der Waals surface area contributed by atoms with Crippen LogP contribution in [0, 0.1) is 11.8 Å². The first-order chi connectivity index (χ1) is 14.2. The zero-order chi connectivity index (χ0) is 21.7. The summed E-state index contributed by atoms with van der Waals surface area (Å²) in [6.45, 7) is 7.91. The van der Waals surface area contributed by atoms with E-state index in [2.05, 4.69) is 54.7 Å². The van der Waals surface area contributed by atoms with E-state index in [4.69, 9.17) is 0 Å². The monoisotopic (exact) mass is 446 g/mol. The fourth-order valence-electron chi connectivity index (χ4n) is 3.89. The van der Waals surface area contributed by atoms with E-state index in [1.165, 1.54) is 34.7 Å². The number of fused-ring (bicyclic) bond motifs is 1. The van der Waals surface area contributed by atoms with E-state index in [1.807, 2.05) is 23.9 Å². The molecule has 30 heavy (non-hydrogen) atoms. The summed E-state index contributed by atoms with van der Waals surface area (Å²) < 4.78 is 25.8. The van der Waals surface area contributed by atoms with Crippen molar-refractivity contribution in [2.45, 2.75) is 52.9 Å². The Balaban J connectivity index is 1.71. The van der Waals surface area contributed by atoms with E-state index >= 15 is 0 Å². The summed E-state index contributed by atoms with van der Waals surface area (Å²) in [5.41, 5.74) is 2.82. The molecule has 0 fully saturated rings. The average molecular weight is 447 g/mol. The third-order valence-corrected chi connectivity index (χ3v) is 7.17. The smallest absolute Gasteiger partial charge is 0.229 e. The van der Waals surface area contributed by atoms with Crippen molar-refractivity contribution in [2.24, 2.45) is 11.8 Å². The Hall–Kier alpha value is -1.66. The van der Waals surface area contributed by atoms with E-state index in [-0.39, 0.29) is 0 Å². The van der Waals surface area contributed by atoms with Crippen LogP contribution in [0.25, 0.3) is 5.70 Å². The predicted octanol–water partition coefficient (Wildman–Crippen LogP) is 6.43. The van der Waals surface area contributed by atoms with Crippen molar-refractivity contribution in [3.05, 3.63) is 58.0 Å². The second kappa shape index (κ2) is 10.1. The zero-order valence-corrected chi connectivity index (χ0v) is 20.2. The van der Waals surface area contributed by atoms with Crippen LogP contribution >= 0.6 is 11.8 Å². The molecule has 0 bridgehead atoms. The molecule has 2 aliphatic heterocycles. The van der Waals surface area contributed by atoms with Crippen LogP contribution < -0.4 is 4.72 Å². The zero-order valence-electron chi connectivity index (χ0n) is 18.5. The minimum atomic E-state index is -3.29. The van der Waals surface area contributed by atoms with Crippen LogP contribution in [0.5, 0.6) is 0 Å². The van der Waals surface area contributed by atoms with E-state index < -0.39 is 10.0 Å². The van der Waals surface area contributed by atoms with Crippen LogP contribution in [0.15, 0.2) is 52.4 Å². The van der Waals surface area contributed by atoms with Crippen LogP contribution in [-0.4, -0.2) is 26.1 Å². The Morgan fingerprint density at radius 1 is 1.13 bits per heavy atom. The predicted molar refractivity (Wildman–Crippen MR) is 130 cm³/mol. The highest BCUT2D eigenvalue weighted by Gasteiger charge is 2.23. The topological polar surface area (TPSA) is 49.4 Å². The van der Waals surface area contributed by atoms with Crippen molar-refractivity contribution in [1.29, 1.82) is 0 Å². The van der Waals surface area contributed by atoms with Gasteiger partial charge in [-0.05, 0) is 59.8 Å². The first-order valence-corrected chi connectivity index (χ1v) is 13.5. The van der Waals surface area contributed by atoms with Crippen LogP contribution in [0.1, 0.15) is 58.4 Å². The largest absolute Gasteiger partial charge is 0.336 e. The van der Waals surface area contributed by atoms with Gasteiger partial charge in [0.2, 0.25) is 10.0 Å². The molecule has 1 aromatic carbocycles. The second-order valence-electron chi connectivity index (χ2n) is 8.82. The first-order valence-electron chi connectivity index (χ1n) is 10.8. The Labute approximate surface area is 186 Å². The number of thioether (sulfide) groups is 1. The normalized spacial score (nSPS) is 18.2. The number of hydrogen-bond acceptors (Lipinski definition) is 4. The molecule has 1 aromatic rings. The highest BCUT2D eigenvalue weighted by atomic mass is 32.2. The molecule has 0 amide bonds. The second-order valence-corrected chi connectivity index (χ2v) is 11.7. The lowest BCUT2D eigenvalue weighted by Crippen LogP contribution is -2.22. The fourth-order valence-corrected chi connectivity index (χ4v) is 5.76. The van der Waals surface area contributed by atoms with Gasteiger partial charge in [-0.3, -0.25) is 4.72 Å². The number of allylic oxidation sites excluding steroid dienone is 3. The quantitative estimate of drug-likeness (QED) is 0.500. The Kier molecular flexibility index (Phi) is 7.75. The van der Waals surface area contributed by atoms with Gasteiger partial charge in [-0.1, -0.05) is 69.7 Å². The van der Waals surface area contributed by atoms with Crippen molar-refractivity contribution >= 4 is 33.2 Å². The molecule has 0 saturated carbocycles. The minimum Gasteiger partial charge on any atom is -0.336 e. The minimum absolute atomic E-state index is 0.604. The Morgan fingerprint density at radius 3 is 2.67 bits per heavy atom. The summed E-state index contributed by atoms with van der Waals surface area (Å²) in [7, 11) is -3.29. The van der Waals surface area contributed by atoms with Gasteiger partial charge in [0.25, 0.3) is 0 Å². The molecule has 164 valence electrons. The van der Waals surface area contributed by atoms with E-state index in [0.717, 1.165) is 37.3 Å². The molecule has 0 aliphatic carbocycles. The molecule has 0 saturated heterocycles. The number of nitrogens with zero attached hydrogens (tertiary/aromatic N) is 1. The summed E-state index contributed by atoms with van der Waals surface area (Å²) in [6.07, 6.45) is 13.8. The van der Waals surface area contributed by atoms with E-state index in [9.17, 15) is 8.42 Å². The SMILES string of the molecule is CC(C)CCC(C)CC1=CCCN2C(=CCC=C2c2cccc(NS(C)(=O)=O)c2)S1. The molecular formula is C24H34N2O2S2. The molecule has 2 heterocycles. The Morgan fingerprint density at radius 2 is 1.93 bits per heavy atom. The molecule has 1 atom stereocenters. The number of anilines is 1. The fraction of sp³-hybridized carbons (Fsp3) is 0.500. The number of benzene rings is 1. The van der Waals surface area contributed by atoms with Crippen molar-refractivity contribution in [1.82, 2.24) is 4.90 Å². The standard InChI is InChI=1S/C24H34N2O2S2/c1-18(2)13-14-19(3)16-22-10-7-15-26-23(11-6-12-24(26)29-22)20-8-5-9-21(17-20)25-30(4,27)28/h5,8-12,17-19,25H,6-7,13-16H2,1-4H3. The van der Waals surface area contributed by atoms with Crippen molar-refractivity contribution in [2.75, 3.05) is 17.5 Å². The van der Waals surface area contributed by atoms with Crippen molar-refractivity contribution in [3.8, 4) is 0 Å². The molecule has 0 radical (unpaired) electrons. The lowest BCUT2D eigenvalue weighted by atomic mass is 9.96. The number of sulfonamides is 1. The number of nitrogens with one attached hydrogen (secondary N) is 1. The molecular weight excluding hydrogens is 412 g/mol. The van der Waals surface area contributed by atoms with Gasteiger partial charge in [0, 0.05) is 17.9 Å². The summed E-state index contributed by atoms with van der Waals surface area (Å²) in [6, 6.07) is 7.68.